The van der Waals surface area contributed by atoms with Gasteiger partial charge in [-0.15, -0.1) is 0 Å². The summed E-state index contributed by atoms with van der Waals surface area (Å²) in [5.41, 5.74) is 4.58. The number of rotatable bonds is 4. The van der Waals surface area contributed by atoms with Gasteiger partial charge in [-0.3, -0.25) is 10.1 Å². The second-order valence-electron chi connectivity index (χ2n) is 6.66. The van der Waals surface area contributed by atoms with Crippen LogP contribution in [0.25, 0.3) is 33.4 Å². The van der Waals surface area contributed by atoms with E-state index in [2.05, 4.69) is 36.5 Å². The predicted octanol–water partition coefficient (Wildman–Crippen LogP) is 3.00. The summed E-state index contributed by atoms with van der Waals surface area (Å²) < 4.78 is 5.53. The van der Waals surface area contributed by atoms with Crippen molar-refractivity contribution in [2.75, 3.05) is 18.5 Å². The van der Waals surface area contributed by atoms with Crippen molar-refractivity contribution in [3.63, 3.8) is 0 Å². The Morgan fingerprint density at radius 3 is 2.96 bits per heavy atom. The van der Waals surface area contributed by atoms with E-state index in [1.54, 1.807) is 18.6 Å². The molecule has 1 aliphatic heterocycles. The molecule has 8 heteroatoms. The highest BCUT2D eigenvalue weighted by Crippen LogP contribution is 2.30. The van der Waals surface area contributed by atoms with Crippen LogP contribution in [0.5, 0.6) is 0 Å². The highest BCUT2D eigenvalue weighted by Gasteiger charge is 2.15. The molecule has 27 heavy (non-hydrogen) atoms. The van der Waals surface area contributed by atoms with Gasteiger partial charge in [-0.2, -0.15) is 5.10 Å². The van der Waals surface area contributed by atoms with Crippen LogP contribution in [-0.2, 0) is 4.74 Å². The number of aromatic nitrogens is 6. The minimum Gasteiger partial charge on any atom is -0.379 e. The number of pyridine rings is 1. The second-order valence-corrected chi connectivity index (χ2v) is 6.66. The lowest BCUT2D eigenvalue weighted by Gasteiger charge is -2.23. The molecule has 1 fully saturated rings. The first-order valence-electron chi connectivity index (χ1n) is 9.00. The van der Waals surface area contributed by atoms with E-state index < -0.39 is 0 Å². The van der Waals surface area contributed by atoms with Crippen LogP contribution in [0, 0.1) is 0 Å². The van der Waals surface area contributed by atoms with E-state index in [-0.39, 0.29) is 6.04 Å². The van der Waals surface area contributed by atoms with Crippen LogP contribution in [0.4, 0.5) is 5.82 Å². The van der Waals surface area contributed by atoms with Crippen molar-refractivity contribution in [2.24, 2.45) is 0 Å². The molecule has 1 saturated heterocycles. The number of hydrogen-bond acceptors (Lipinski definition) is 6. The molecule has 0 amide bonds. The minimum atomic E-state index is 0.278. The third kappa shape index (κ3) is 3.15. The molecule has 3 N–H and O–H groups in total. The van der Waals surface area contributed by atoms with Gasteiger partial charge in [0, 0.05) is 47.3 Å². The normalized spacial score (nSPS) is 17.3. The molecule has 5 rings (SSSR count). The Balaban J connectivity index is 1.49. The van der Waals surface area contributed by atoms with Crippen molar-refractivity contribution in [2.45, 2.75) is 18.9 Å². The van der Waals surface area contributed by atoms with E-state index in [0.29, 0.717) is 6.61 Å². The number of nitrogens with zero attached hydrogens (tertiary/aromatic N) is 4. The summed E-state index contributed by atoms with van der Waals surface area (Å²) in [6.07, 6.45) is 13.1. The highest BCUT2D eigenvalue weighted by atomic mass is 16.5. The maximum atomic E-state index is 5.53. The molecule has 0 saturated carbocycles. The number of nitrogens with one attached hydrogen (secondary N) is 3. The number of H-pyrrole nitrogens is 2. The lowest BCUT2D eigenvalue weighted by atomic mass is 10.1. The van der Waals surface area contributed by atoms with Crippen molar-refractivity contribution in [1.82, 2.24) is 30.1 Å². The van der Waals surface area contributed by atoms with E-state index in [1.807, 2.05) is 18.6 Å². The van der Waals surface area contributed by atoms with E-state index in [0.717, 1.165) is 58.7 Å². The van der Waals surface area contributed by atoms with Crippen molar-refractivity contribution in [3.05, 3.63) is 43.2 Å². The summed E-state index contributed by atoms with van der Waals surface area (Å²) in [6.45, 7) is 1.54. The molecule has 0 bridgehead atoms. The third-order valence-corrected chi connectivity index (χ3v) is 4.79. The molecule has 1 unspecified atom stereocenters. The Morgan fingerprint density at radius 1 is 1.11 bits per heavy atom. The molecule has 0 aliphatic carbocycles. The molecule has 136 valence electrons. The average Bonchev–Trinajstić information content (AvgIpc) is 3.38. The Hall–Kier alpha value is -3.26. The molecular formula is C19H19N7O. The van der Waals surface area contributed by atoms with Gasteiger partial charge in [0.05, 0.1) is 36.9 Å². The lowest BCUT2D eigenvalue weighted by Crippen LogP contribution is -2.30. The summed E-state index contributed by atoms with van der Waals surface area (Å²) >= 11 is 0. The molecule has 0 radical (unpaired) electrons. The van der Waals surface area contributed by atoms with Crippen LogP contribution in [0.1, 0.15) is 12.8 Å². The van der Waals surface area contributed by atoms with Crippen molar-refractivity contribution < 1.29 is 4.74 Å². The van der Waals surface area contributed by atoms with Crippen molar-refractivity contribution in [1.29, 1.82) is 0 Å². The van der Waals surface area contributed by atoms with Gasteiger partial charge in [0.15, 0.2) is 0 Å². The lowest BCUT2D eigenvalue weighted by molar-refractivity contribution is 0.0875. The molecule has 4 aromatic heterocycles. The Labute approximate surface area is 155 Å². The highest BCUT2D eigenvalue weighted by molar-refractivity contribution is 5.94. The zero-order valence-electron chi connectivity index (χ0n) is 14.6. The van der Waals surface area contributed by atoms with Gasteiger partial charge in [-0.05, 0) is 18.9 Å². The smallest absolute Gasteiger partial charge is 0.145 e. The summed E-state index contributed by atoms with van der Waals surface area (Å²) in [7, 11) is 0. The standard InChI is InChI=1S/C19H19N7O/c1-2-14(11-27-3-1)25-18-10-20-9-17(26-18)16-8-22-19-15(16)4-12(5-21-19)13-6-23-24-7-13/h4-10,14H,1-3,11H2,(H,21,22)(H,23,24)(H,25,26). The van der Waals surface area contributed by atoms with Gasteiger partial charge in [0.2, 0.25) is 0 Å². The summed E-state index contributed by atoms with van der Waals surface area (Å²) in [6, 6.07) is 2.37. The summed E-state index contributed by atoms with van der Waals surface area (Å²) in [5.74, 6) is 0.760. The van der Waals surface area contributed by atoms with Crippen LogP contribution in [0.3, 0.4) is 0 Å². The number of hydrogen-bond donors (Lipinski definition) is 3. The SMILES string of the molecule is c1n[nH]cc1-c1cnc2[nH]cc(-c3cncc(NC4CCCOC4)n3)c2c1. The Bertz CT molecular complexity index is 1050. The first kappa shape index (κ1) is 16.0. The van der Waals surface area contributed by atoms with Gasteiger partial charge in [-0.1, -0.05) is 0 Å². The van der Waals surface area contributed by atoms with Gasteiger partial charge in [-0.25, -0.2) is 9.97 Å². The molecule has 0 aromatic carbocycles. The van der Waals surface area contributed by atoms with Crippen molar-refractivity contribution >= 4 is 16.9 Å². The molecule has 0 spiro atoms. The number of anilines is 1. The van der Waals surface area contributed by atoms with Crippen LogP contribution < -0.4 is 5.32 Å². The number of aromatic amines is 2. The minimum absolute atomic E-state index is 0.278. The van der Waals surface area contributed by atoms with Gasteiger partial charge in [0.25, 0.3) is 0 Å². The fourth-order valence-electron chi connectivity index (χ4n) is 3.41. The first-order valence-corrected chi connectivity index (χ1v) is 9.00. The number of fused-ring (bicyclic) bond motifs is 1. The largest absolute Gasteiger partial charge is 0.379 e. The molecule has 1 aliphatic rings. The maximum absolute atomic E-state index is 5.53. The average molecular weight is 361 g/mol. The second kappa shape index (κ2) is 6.81. The maximum Gasteiger partial charge on any atom is 0.145 e. The van der Waals surface area contributed by atoms with Crippen LogP contribution in [0.2, 0.25) is 0 Å². The predicted molar refractivity (Wildman–Crippen MR) is 102 cm³/mol. The monoisotopic (exact) mass is 361 g/mol. The fourth-order valence-corrected chi connectivity index (χ4v) is 3.41. The molecule has 1 atom stereocenters. The summed E-state index contributed by atoms with van der Waals surface area (Å²) in [4.78, 5) is 16.9. The van der Waals surface area contributed by atoms with E-state index in [4.69, 9.17) is 9.72 Å². The quantitative estimate of drug-likeness (QED) is 0.516. The van der Waals surface area contributed by atoms with Crippen molar-refractivity contribution in [3.8, 4) is 22.4 Å². The molecule has 8 nitrogen and oxygen atoms in total. The molecular weight excluding hydrogens is 342 g/mol. The zero-order valence-corrected chi connectivity index (χ0v) is 14.6. The Kier molecular flexibility index (Phi) is 4.02. The summed E-state index contributed by atoms with van der Waals surface area (Å²) in [5, 5.41) is 11.3. The third-order valence-electron chi connectivity index (χ3n) is 4.79. The Morgan fingerprint density at radius 2 is 2.11 bits per heavy atom. The van der Waals surface area contributed by atoms with Crippen LogP contribution in [0.15, 0.2) is 43.2 Å². The van der Waals surface area contributed by atoms with Crippen LogP contribution >= 0.6 is 0 Å². The van der Waals surface area contributed by atoms with Gasteiger partial charge >= 0.3 is 0 Å². The molecule has 4 aromatic rings. The van der Waals surface area contributed by atoms with E-state index in [9.17, 15) is 0 Å². The fraction of sp³-hybridized carbons (Fsp3) is 0.263. The van der Waals surface area contributed by atoms with Gasteiger partial charge in [0.1, 0.15) is 11.5 Å². The zero-order chi connectivity index (χ0) is 18.1. The van der Waals surface area contributed by atoms with E-state index >= 15 is 0 Å². The van der Waals surface area contributed by atoms with Gasteiger partial charge < -0.3 is 15.0 Å². The van der Waals surface area contributed by atoms with E-state index in [1.165, 1.54) is 0 Å². The molecule has 5 heterocycles. The number of ether oxygens (including phenoxy) is 1. The topological polar surface area (TPSA) is 104 Å². The first-order chi connectivity index (χ1) is 13.4. The van der Waals surface area contributed by atoms with Crippen LogP contribution in [-0.4, -0.2) is 49.4 Å².